The third kappa shape index (κ3) is 3.72. The van der Waals surface area contributed by atoms with E-state index in [0.717, 1.165) is 42.2 Å². The normalized spacial score (nSPS) is 21.6. The van der Waals surface area contributed by atoms with Crippen LogP contribution < -0.4 is 10.1 Å². The molecule has 2 saturated heterocycles. The van der Waals surface area contributed by atoms with Gasteiger partial charge in [0.2, 0.25) is 0 Å². The van der Waals surface area contributed by atoms with Crippen molar-refractivity contribution in [2.24, 2.45) is 0 Å². The Morgan fingerprint density at radius 2 is 2.10 bits per heavy atom. The molecule has 0 spiro atoms. The molecule has 0 saturated carbocycles. The third-order valence-electron chi connectivity index (χ3n) is 5.71. The lowest BCUT2D eigenvalue weighted by Crippen LogP contribution is -2.41. The van der Waals surface area contributed by atoms with Crippen LogP contribution in [0.3, 0.4) is 0 Å². The molecule has 4 rings (SSSR count). The van der Waals surface area contributed by atoms with Gasteiger partial charge in [-0.25, -0.2) is 9.78 Å². The number of hydrogen-bond donors (Lipinski definition) is 2. The van der Waals surface area contributed by atoms with Gasteiger partial charge in [-0.2, -0.15) is 0 Å². The molecule has 29 heavy (non-hydrogen) atoms. The lowest BCUT2D eigenvalue weighted by molar-refractivity contribution is -0.130. The van der Waals surface area contributed by atoms with E-state index in [1.807, 2.05) is 30.5 Å². The molecule has 0 aliphatic carbocycles. The van der Waals surface area contributed by atoms with Crippen LogP contribution in [0.15, 0.2) is 30.5 Å². The van der Waals surface area contributed by atoms with Crippen molar-refractivity contribution in [1.29, 1.82) is 0 Å². The molecule has 2 aliphatic rings. The first kappa shape index (κ1) is 19.4. The molecule has 2 aliphatic heterocycles. The number of benzene rings is 1. The first-order valence-electron chi connectivity index (χ1n) is 9.96. The Hall–Kier alpha value is -2.87. The summed E-state index contributed by atoms with van der Waals surface area (Å²) in [5.74, 6) is 1.55. The van der Waals surface area contributed by atoms with Gasteiger partial charge < -0.3 is 15.0 Å². The largest absolute Gasteiger partial charge is 0.497 e. The Balaban J connectivity index is 1.45. The average Bonchev–Trinajstić information content (AvgIpc) is 3.40. The number of imide groups is 1. The van der Waals surface area contributed by atoms with Crippen molar-refractivity contribution in [2.75, 3.05) is 26.7 Å². The van der Waals surface area contributed by atoms with Gasteiger partial charge in [-0.05, 0) is 45.4 Å². The molecule has 2 aromatic rings. The molecule has 1 aromatic heterocycles. The number of aromatic nitrogens is 2. The van der Waals surface area contributed by atoms with Crippen LogP contribution in [-0.2, 0) is 4.79 Å². The fraction of sp³-hybridized carbons (Fsp3) is 0.476. The minimum atomic E-state index is -0.825. The molecule has 3 heterocycles. The van der Waals surface area contributed by atoms with Crippen LogP contribution in [-0.4, -0.2) is 64.0 Å². The Bertz CT molecular complexity index is 923. The Morgan fingerprint density at radius 3 is 2.83 bits per heavy atom. The maximum Gasteiger partial charge on any atom is 0.325 e. The number of rotatable bonds is 6. The maximum atomic E-state index is 12.4. The second-order valence-electron chi connectivity index (χ2n) is 8.12. The monoisotopic (exact) mass is 397 g/mol. The molecule has 8 nitrogen and oxygen atoms in total. The summed E-state index contributed by atoms with van der Waals surface area (Å²) in [6, 6.07) is 7.71. The lowest BCUT2D eigenvalue weighted by Gasteiger charge is -2.25. The molecule has 1 aromatic carbocycles. The zero-order valence-electron chi connectivity index (χ0n) is 17.1. The summed E-state index contributed by atoms with van der Waals surface area (Å²) >= 11 is 0. The van der Waals surface area contributed by atoms with Crippen molar-refractivity contribution in [1.82, 2.24) is 25.1 Å². The number of H-pyrrole nitrogens is 1. The fourth-order valence-electron chi connectivity index (χ4n) is 4.10. The van der Waals surface area contributed by atoms with Crippen LogP contribution >= 0.6 is 0 Å². The highest BCUT2D eigenvalue weighted by Gasteiger charge is 2.44. The number of aromatic amines is 1. The highest BCUT2D eigenvalue weighted by Crippen LogP contribution is 2.32. The summed E-state index contributed by atoms with van der Waals surface area (Å²) in [6.07, 6.45) is 3.91. The molecule has 2 N–H and O–H groups in total. The number of nitrogens with one attached hydrogen (secondary N) is 2. The Morgan fingerprint density at radius 1 is 1.28 bits per heavy atom. The average molecular weight is 397 g/mol. The van der Waals surface area contributed by atoms with Crippen LogP contribution in [0.4, 0.5) is 4.79 Å². The number of likely N-dealkylation sites (tertiary alicyclic amines) is 1. The molecular formula is C21H27N5O3. The molecular weight excluding hydrogens is 370 g/mol. The highest BCUT2D eigenvalue weighted by atomic mass is 16.5. The molecule has 2 fully saturated rings. The minimum absolute atomic E-state index is 0.156. The maximum absolute atomic E-state index is 12.4. The van der Waals surface area contributed by atoms with Crippen molar-refractivity contribution in [3.8, 4) is 17.0 Å². The Labute approximate surface area is 170 Å². The van der Waals surface area contributed by atoms with Crippen molar-refractivity contribution in [3.63, 3.8) is 0 Å². The number of amides is 3. The van der Waals surface area contributed by atoms with Crippen molar-refractivity contribution < 1.29 is 14.3 Å². The van der Waals surface area contributed by atoms with E-state index in [1.54, 1.807) is 21.0 Å². The topological polar surface area (TPSA) is 90.6 Å². The van der Waals surface area contributed by atoms with E-state index in [1.165, 1.54) is 4.90 Å². The quantitative estimate of drug-likeness (QED) is 0.731. The smallest absolute Gasteiger partial charge is 0.325 e. The van der Waals surface area contributed by atoms with Gasteiger partial charge >= 0.3 is 6.03 Å². The van der Waals surface area contributed by atoms with Gasteiger partial charge in [0, 0.05) is 18.7 Å². The van der Waals surface area contributed by atoms with Gasteiger partial charge in [0.1, 0.15) is 17.1 Å². The van der Waals surface area contributed by atoms with Crippen LogP contribution in [0.25, 0.3) is 11.3 Å². The summed E-state index contributed by atoms with van der Waals surface area (Å²) in [6.45, 7) is 5.40. The Kier molecular flexibility index (Phi) is 5.04. The SMILES string of the molecule is COc1cccc(-c2cnc([C@@H]3CCCN3CCN3C(=O)NC(C)(C)C3=O)[nH]2)c1. The van der Waals surface area contributed by atoms with E-state index < -0.39 is 5.54 Å². The fourth-order valence-corrected chi connectivity index (χ4v) is 4.10. The summed E-state index contributed by atoms with van der Waals surface area (Å²) in [5.41, 5.74) is 1.14. The van der Waals surface area contributed by atoms with Gasteiger partial charge in [-0.3, -0.25) is 14.6 Å². The second kappa shape index (κ2) is 7.51. The van der Waals surface area contributed by atoms with Crippen molar-refractivity contribution in [3.05, 3.63) is 36.3 Å². The predicted octanol–water partition coefficient (Wildman–Crippen LogP) is 2.55. The number of urea groups is 1. The first-order valence-corrected chi connectivity index (χ1v) is 9.96. The lowest BCUT2D eigenvalue weighted by atomic mass is 10.1. The van der Waals surface area contributed by atoms with Gasteiger partial charge in [-0.15, -0.1) is 0 Å². The summed E-state index contributed by atoms with van der Waals surface area (Å²) in [4.78, 5) is 36.2. The summed E-state index contributed by atoms with van der Waals surface area (Å²) in [5, 5.41) is 2.73. The number of carbonyl (C=O) groups is 2. The van der Waals surface area contributed by atoms with E-state index in [0.29, 0.717) is 13.1 Å². The molecule has 8 heteroatoms. The number of ether oxygens (including phenoxy) is 1. The molecule has 0 unspecified atom stereocenters. The van der Waals surface area contributed by atoms with Crippen molar-refractivity contribution in [2.45, 2.75) is 38.3 Å². The standard InChI is InChI=1S/C21H27N5O3/c1-21(2)19(27)26(20(28)24-21)11-10-25-9-5-8-17(25)18-22-13-16(23-18)14-6-4-7-15(12-14)29-3/h4,6-7,12-13,17H,5,8-11H2,1-3H3,(H,22,23)(H,24,28)/t17-/m0/s1. The van der Waals surface area contributed by atoms with E-state index in [9.17, 15) is 9.59 Å². The molecule has 3 amide bonds. The van der Waals surface area contributed by atoms with Crippen LogP contribution in [0.2, 0.25) is 0 Å². The zero-order valence-corrected chi connectivity index (χ0v) is 17.1. The van der Waals surface area contributed by atoms with Crippen LogP contribution in [0.1, 0.15) is 38.6 Å². The van der Waals surface area contributed by atoms with Crippen LogP contribution in [0, 0.1) is 0 Å². The number of methoxy groups -OCH3 is 1. The predicted molar refractivity (Wildman–Crippen MR) is 108 cm³/mol. The van der Waals surface area contributed by atoms with Crippen molar-refractivity contribution >= 4 is 11.9 Å². The zero-order chi connectivity index (χ0) is 20.6. The van der Waals surface area contributed by atoms with Gasteiger partial charge in [-0.1, -0.05) is 12.1 Å². The van der Waals surface area contributed by atoms with Crippen LogP contribution in [0.5, 0.6) is 5.75 Å². The molecule has 1 atom stereocenters. The van der Waals surface area contributed by atoms with Gasteiger partial charge in [0.15, 0.2) is 0 Å². The number of imidazole rings is 1. The van der Waals surface area contributed by atoms with E-state index in [4.69, 9.17) is 4.74 Å². The van der Waals surface area contributed by atoms with E-state index in [-0.39, 0.29) is 18.0 Å². The first-order chi connectivity index (χ1) is 13.9. The number of hydrogen-bond acceptors (Lipinski definition) is 5. The third-order valence-corrected chi connectivity index (χ3v) is 5.71. The summed E-state index contributed by atoms with van der Waals surface area (Å²) < 4.78 is 5.31. The molecule has 0 radical (unpaired) electrons. The molecule has 154 valence electrons. The molecule has 0 bridgehead atoms. The minimum Gasteiger partial charge on any atom is -0.497 e. The number of nitrogens with zero attached hydrogens (tertiary/aromatic N) is 3. The van der Waals surface area contributed by atoms with Gasteiger partial charge in [0.25, 0.3) is 5.91 Å². The van der Waals surface area contributed by atoms with Gasteiger partial charge in [0.05, 0.1) is 25.0 Å². The number of carbonyl (C=O) groups excluding carboxylic acids is 2. The second-order valence-corrected chi connectivity index (χ2v) is 8.12. The highest BCUT2D eigenvalue weighted by molar-refractivity contribution is 6.06. The summed E-state index contributed by atoms with van der Waals surface area (Å²) in [7, 11) is 1.65. The van der Waals surface area contributed by atoms with E-state index >= 15 is 0 Å². The van der Waals surface area contributed by atoms with E-state index in [2.05, 4.69) is 20.2 Å².